The predicted octanol–water partition coefficient (Wildman–Crippen LogP) is 3.11. The van der Waals surface area contributed by atoms with Crippen molar-refractivity contribution in [2.45, 2.75) is 51.5 Å². The SMILES string of the molecule is Cc1ccc(-c2noc(CCC(=O)N3CCC(NCC4CC4)CC3)n2)cc1F. The summed E-state index contributed by atoms with van der Waals surface area (Å²) in [6, 6.07) is 5.39. The molecule has 6 nitrogen and oxygen atoms in total. The number of carbonyl (C=O) groups is 1. The minimum atomic E-state index is -0.297. The van der Waals surface area contributed by atoms with E-state index in [9.17, 15) is 9.18 Å². The number of amides is 1. The Hall–Kier alpha value is -2.28. The number of nitrogens with zero attached hydrogens (tertiary/aromatic N) is 3. The van der Waals surface area contributed by atoms with Gasteiger partial charge in [0.1, 0.15) is 5.82 Å². The van der Waals surface area contributed by atoms with Crippen LogP contribution < -0.4 is 5.32 Å². The van der Waals surface area contributed by atoms with Gasteiger partial charge in [-0.15, -0.1) is 0 Å². The summed E-state index contributed by atoms with van der Waals surface area (Å²) < 4.78 is 18.9. The molecule has 28 heavy (non-hydrogen) atoms. The Morgan fingerprint density at radius 3 is 2.79 bits per heavy atom. The molecule has 0 radical (unpaired) electrons. The van der Waals surface area contributed by atoms with E-state index in [0.29, 0.717) is 41.7 Å². The van der Waals surface area contributed by atoms with E-state index >= 15 is 0 Å². The Morgan fingerprint density at radius 1 is 1.29 bits per heavy atom. The van der Waals surface area contributed by atoms with Crippen LogP contribution in [0.5, 0.6) is 0 Å². The van der Waals surface area contributed by atoms with Gasteiger partial charge < -0.3 is 14.7 Å². The summed E-state index contributed by atoms with van der Waals surface area (Å²) in [5.74, 6) is 1.47. The number of piperidine rings is 1. The van der Waals surface area contributed by atoms with E-state index in [-0.39, 0.29) is 11.7 Å². The van der Waals surface area contributed by atoms with E-state index in [1.54, 1.807) is 19.1 Å². The molecule has 2 fully saturated rings. The van der Waals surface area contributed by atoms with Crippen LogP contribution in [0.4, 0.5) is 4.39 Å². The van der Waals surface area contributed by atoms with Crippen molar-refractivity contribution in [3.05, 3.63) is 35.5 Å². The summed E-state index contributed by atoms with van der Waals surface area (Å²) in [4.78, 5) is 18.7. The van der Waals surface area contributed by atoms with Crippen LogP contribution in [0, 0.1) is 18.7 Å². The standard InChI is InChI=1S/C21H27FN4O2/c1-14-2-5-16(12-18(14)22)21-24-19(28-25-21)6-7-20(27)26-10-8-17(9-11-26)23-13-15-3-4-15/h2,5,12,15,17,23H,3-4,6-11,13H2,1H3. The molecule has 150 valence electrons. The van der Waals surface area contributed by atoms with Crippen molar-refractivity contribution in [1.29, 1.82) is 0 Å². The van der Waals surface area contributed by atoms with Crippen molar-refractivity contribution in [3.63, 3.8) is 0 Å². The van der Waals surface area contributed by atoms with Gasteiger partial charge in [0.25, 0.3) is 0 Å². The molecule has 1 saturated carbocycles. The number of rotatable bonds is 7. The number of likely N-dealkylation sites (tertiary alicyclic amines) is 1. The predicted molar refractivity (Wildman–Crippen MR) is 103 cm³/mol. The molecule has 1 amide bonds. The van der Waals surface area contributed by atoms with Crippen molar-refractivity contribution < 1.29 is 13.7 Å². The topological polar surface area (TPSA) is 71.3 Å². The van der Waals surface area contributed by atoms with Crippen LogP contribution in [-0.4, -0.2) is 46.6 Å². The lowest BCUT2D eigenvalue weighted by atomic mass is 10.0. The van der Waals surface area contributed by atoms with E-state index in [2.05, 4.69) is 15.5 Å². The average molecular weight is 386 g/mol. The second kappa shape index (κ2) is 8.39. The van der Waals surface area contributed by atoms with Crippen molar-refractivity contribution in [2.24, 2.45) is 5.92 Å². The smallest absolute Gasteiger partial charge is 0.227 e. The molecule has 1 aliphatic carbocycles. The Kier molecular flexibility index (Phi) is 5.71. The number of benzene rings is 1. The van der Waals surface area contributed by atoms with Crippen molar-refractivity contribution >= 4 is 5.91 Å². The fraction of sp³-hybridized carbons (Fsp3) is 0.571. The molecule has 7 heteroatoms. The molecule has 0 unspecified atom stereocenters. The van der Waals surface area contributed by atoms with Crippen LogP contribution in [0.1, 0.15) is 43.6 Å². The summed E-state index contributed by atoms with van der Waals surface area (Å²) in [6.07, 6.45) is 5.51. The molecule has 2 aromatic rings. The Labute approximate surface area is 164 Å². The molecular formula is C21H27FN4O2. The van der Waals surface area contributed by atoms with Crippen LogP contribution in [0.3, 0.4) is 0 Å². The molecule has 1 aliphatic heterocycles. The molecular weight excluding hydrogens is 359 g/mol. The largest absolute Gasteiger partial charge is 0.343 e. The molecule has 1 aromatic carbocycles. The lowest BCUT2D eigenvalue weighted by molar-refractivity contribution is -0.132. The minimum absolute atomic E-state index is 0.127. The van der Waals surface area contributed by atoms with Gasteiger partial charge in [-0.25, -0.2) is 4.39 Å². The van der Waals surface area contributed by atoms with Gasteiger partial charge in [-0.3, -0.25) is 4.79 Å². The summed E-state index contributed by atoms with van der Waals surface area (Å²) in [5, 5.41) is 7.54. The molecule has 0 spiro atoms. The molecule has 4 rings (SSSR count). The summed E-state index contributed by atoms with van der Waals surface area (Å²) in [6.45, 7) is 4.44. The lowest BCUT2D eigenvalue weighted by Gasteiger charge is -2.32. The van der Waals surface area contributed by atoms with E-state index in [1.807, 2.05) is 4.90 Å². The quantitative estimate of drug-likeness (QED) is 0.792. The van der Waals surface area contributed by atoms with Crippen molar-refractivity contribution in [1.82, 2.24) is 20.4 Å². The number of carbonyl (C=O) groups excluding carboxylic acids is 1. The number of aromatic nitrogens is 2. The first kappa shape index (κ1) is 19.1. The number of aryl methyl sites for hydroxylation is 2. The van der Waals surface area contributed by atoms with Gasteiger partial charge >= 0.3 is 0 Å². The third-order valence-electron chi connectivity index (χ3n) is 5.69. The van der Waals surface area contributed by atoms with Gasteiger partial charge in [0, 0.05) is 37.5 Å². The highest BCUT2D eigenvalue weighted by Gasteiger charge is 2.26. The summed E-state index contributed by atoms with van der Waals surface area (Å²) >= 11 is 0. The van der Waals surface area contributed by atoms with Gasteiger partial charge in [-0.2, -0.15) is 4.98 Å². The van der Waals surface area contributed by atoms with Gasteiger partial charge in [0.15, 0.2) is 0 Å². The molecule has 1 saturated heterocycles. The minimum Gasteiger partial charge on any atom is -0.343 e. The van der Waals surface area contributed by atoms with Crippen LogP contribution in [0.15, 0.2) is 22.7 Å². The van der Waals surface area contributed by atoms with Crippen LogP contribution in [-0.2, 0) is 11.2 Å². The van der Waals surface area contributed by atoms with Gasteiger partial charge in [0.2, 0.25) is 17.6 Å². The molecule has 2 heterocycles. The zero-order valence-electron chi connectivity index (χ0n) is 16.3. The second-order valence-electron chi connectivity index (χ2n) is 7.98. The van der Waals surface area contributed by atoms with Crippen molar-refractivity contribution in [2.75, 3.05) is 19.6 Å². The van der Waals surface area contributed by atoms with Crippen LogP contribution in [0.25, 0.3) is 11.4 Å². The first-order valence-electron chi connectivity index (χ1n) is 10.2. The maximum absolute atomic E-state index is 13.7. The highest BCUT2D eigenvalue weighted by Crippen LogP contribution is 2.28. The lowest BCUT2D eigenvalue weighted by Crippen LogP contribution is -2.45. The maximum Gasteiger partial charge on any atom is 0.227 e. The van der Waals surface area contributed by atoms with Crippen LogP contribution >= 0.6 is 0 Å². The zero-order chi connectivity index (χ0) is 19.5. The number of hydrogen-bond acceptors (Lipinski definition) is 5. The van der Waals surface area contributed by atoms with E-state index in [1.165, 1.54) is 18.9 Å². The fourth-order valence-electron chi connectivity index (χ4n) is 3.57. The molecule has 1 N–H and O–H groups in total. The maximum atomic E-state index is 13.7. The average Bonchev–Trinajstić information content (AvgIpc) is 3.42. The third kappa shape index (κ3) is 4.76. The molecule has 0 bridgehead atoms. The first-order chi connectivity index (χ1) is 13.6. The van der Waals surface area contributed by atoms with Gasteiger partial charge in [-0.1, -0.05) is 17.3 Å². The summed E-state index contributed by atoms with van der Waals surface area (Å²) in [7, 11) is 0. The highest BCUT2D eigenvalue weighted by atomic mass is 19.1. The number of hydrogen-bond donors (Lipinski definition) is 1. The fourth-order valence-corrected chi connectivity index (χ4v) is 3.57. The van der Waals surface area contributed by atoms with E-state index in [0.717, 1.165) is 38.4 Å². The van der Waals surface area contributed by atoms with Crippen molar-refractivity contribution in [3.8, 4) is 11.4 Å². The van der Waals surface area contributed by atoms with Gasteiger partial charge in [0.05, 0.1) is 0 Å². The normalized spacial score (nSPS) is 17.9. The zero-order valence-corrected chi connectivity index (χ0v) is 16.3. The Morgan fingerprint density at radius 2 is 2.07 bits per heavy atom. The highest BCUT2D eigenvalue weighted by molar-refractivity contribution is 5.76. The van der Waals surface area contributed by atoms with E-state index in [4.69, 9.17) is 4.52 Å². The second-order valence-corrected chi connectivity index (χ2v) is 7.98. The Balaban J connectivity index is 1.24. The molecule has 0 atom stereocenters. The monoisotopic (exact) mass is 386 g/mol. The number of nitrogens with one attached hydrogen (secondary N) is 1. The molecule has 2 aliphatic rings. The van der Waals surface area contributed by atoms with Crippen LogP contribution in [0.2, 0.25) is 0 Å². The number of halogens is 1. The Bertz CT molecular complexity index is 826. The van der Waals surface area contributed by atoms with E-state index < -0.39 is 0 Å². The summed E-state index contributed by atoms with van der Waals surface area (Å²) in [5.41, 5.74) is 1.15. The first-order valence-corrected chi connectivity index (χ1v) is 10.2. The van der Waals surface area contributed by atoms with Gasteiger partial charge in [-0.05, 0) is 56.7 Å². The molecule has 1 aromatic heterocycles. The third-order valence-corrected chi connectivity index (χ3v) is 5.69.